The van der Waals surface area contributed by atoms with Gasteiger partial charge in [0.05, 0.1) is 18.3 Å². The number of alkyl carbamates (subject to hydrolysis) is 1. The second-order valence-corrected chi connectivity index (χ2v) is 8.45. The number of carbonyl (C=O) groups is 1. The molecular weight excluding hydrogens is 364 g/mol. The lowest BCUT2D eigenvalue weighted by atomic mass is 10.2. The van der Waals surface area contributed by atoms with Crippen LogP contribution < -0.4 is 10.6 Å². The molecule has 1 amide bonds. The van der Waals surface area contributed by atoms with Crippen LogP contribution in [-0.4, -0.2) is 57.6 Å². The van der Waals surface area contributed by atoms with Crippen molar-refractivity contribution in [1.82, 2.24) is 24.9 Å². The third-order valence-electron chi connectivity index (χ3n) is 4.08. The van der Waals surface area contributed by atoms with Gasteiger partial charge in [-0.1, -0.05) is 0 Å². The monoisotopic (exact) mass is 392 g/mol. The minimum atomic E-state index is -0.489. The fraction of sp³-hybridized carbons (Fsp3) is 0.611. The van der Waals surface area contributed by atoms with Crippen LogP contribution in [-0.2, 0) is 11.3 Å². The van der Waals surface area contributed by atoms with E-state index in [2.05, 4.69) is 27.4 Å². The van der Waals surface area contributed by atoms with Gasteiger partial charge in [0.15, 0.2) is 10.9 Å². The van der Waals surface area contributed by atoms with Gasteiger partial charge in [0.25, 0.3) is 0 Å². The molecule has 1 unspecified atom stereocenters. The van der Waals surface area contributed by atoms with E-state index in [9.17, 15) is 4.79 Å². The molecule has 2 aromatic rings. The Balaban J connectivity index is 1.58. The average Bonchev–Trinajstić information content (AvgIpc) is 3.25. The number of imidazole rings is 1. The molecule has 1 fully saturated rings. The fourth-order valence-electron chi connectivity index (χ4n) is 2.98. The van der Waals surface area contributed by atoms with Gasteiger partial charge in [-0.05, 0) is 34.1 Å². The number of fused-ring (bicyclic) bond motifs is 1. The van der Waals surface area contributed by atoms with Gasteiger partial charge < -0.3 is 20.3 Å². The molecule has 0 aromatic carbocycles. The topological polar surface area (TPSA) is 83.3 Å². The van der Waals surface area contributed by atoms with Crippen LogP contribution in [0.4, 0.5) is 4.79 Å². The molecule has 3 heterocycles. The van der Waals surface area contributed by atoms with Crippen LogP contribution in [0.1, 0.15) is 39.8 Å². The SMILES string of the molecule is CCNC(=NCc1cn2ccsc2n1)N1CCC(NC(=O)OC(C)(C)C)C1. The Labute approximate surface area is 163 Å². The van der Waals surface area contributed by atoms with Crippen LogP contribution >= 0.6 is 11.3 Å². The molecule has 0 saturated carbocycles. The lowest BCUT2D eigenvalue weighted by molar-refractivity contribution is 0.0507. The molecule has 0 spiro atoms. The number of hydrogen-bond acceptors (Lipinski definition) is 5. The van der Waals surface area contributed by atoms with Crippen molar-refractivity contribution in [3.05, 3.63) is 23.5 Å². The molecular formula is C18H28N6O2S. The maximum Gasteiger partial charge on any atom is 0.407 e. The van der Waals surface area contributed by atoms with Crippen molar-refractivity contribution in [3.63, 3.8) is 0 Å². The Bertz CT molecular complexity index is 778. The number of guanidine groups is 1. The molecule has 0 aliphatic carbocycles. The molecule has 27 heavy (non-hydrogen) atoms. The van der Waals surface area contributed by atoms with E-state index in [4.69, 9.17) is 9.73 Å². The largest absolute Gasteiger partial charge is 0.444 e. The molecule has 3 rings (SSSR count). The Morgan fingerprint density at radius 2 is 2.30 bits per heavy atom. The number of rotatable bonds is 4. The third kappa shape index (κ3) is 5.35. The van der Waals surface area contributed by atoms with E-state index < -0.39 is 5.60 Å². The Kier molecular flexibility index (Phi) is 5.88. The molecule has 9 heteroatoms. The summed E-state index contributed by atoms with van der Waals surface area (Å²) in [5, 5.41) is 8.30. The first-order valence-electron chi connectivity index (χ1n) is 9.28. The number of aliphatic imine (C=N–C) groups is 1. The zero-order valence-corrected chi connectivity index (χ0v) is 17.2. The summed E-state index contributed by atoms with van der Waals surface area (Å²) in [7, 11) is 0. The summed E-state index contributed by atoms with van der Waals surface area (Å²) < 4.78 is 7.36. The van der Waals surface area contributed by atoms with Gasteiger partial charge in [-0.15, -0.1) is 11.3 Å². The minimum absolute atomic E-state index is 0.0571. The van der Waals surface area contributed by atoms with Crippen LogP contribution in [0, 0.1) is 0 Å². The van der Waals surface area contributed by atoms with E-state index in [1.54, 1.807) is 11.3 Å². The molecule has 2 N–H and O–H groups in total. The Morgan fingerprint density at radius 1 is 1.48 bits per heavy atom. The molecule has 148 valence electrons. The summed E-state index contributed by atoms with van der Waals surface area (Å²) in [4.78, 5) is 24.4. The first-order chi connectivity index (χ1) is 12.8. The minimum Gasteiger partial charge on any atom is -0.444 e. The van der Waals surface area contributed by atoms with Crippen molar-refractivity contribution in [1.29, 1.82) is 0 Å². The molecule has 0 radical (unpaired) electrons. The Morgan fingerprint density at radius 3 is 3.00 bits per heavy atom. The van der Waals surface area contributed by atoms with Crippen LogP contribution in [0.25, 0.3) is 4.96 Å². The van der Waals surface area contributed by atoms with Gasteiger partial charge in [-0.3, -0.25) is 4.40 Å². The molecule has 8 nitrogen and oxygen atoms in total. The van der Waals surface area contributed by atoms with Gasteiger partial charge in [-0.25, -0.2) is 14.8 Å². The highest BCUT2D eigenvalue weighted by molar-refractivity contribution is 7.15. The number of ether oxygens (including phenoxy) is 1. The number of aromatic nitrogens is 2. The summed E-state index contributed by atoms with van der Waals surface area (Å²) >= 11 is 1.61. The van der Waals surface area contributed by atoms with Crippen molar-refractivity contribution in [2.45, 2.75) is 52.3 Å². The molecule has 1 atom stereocenters. The predicted molar refractivity (Wildman–Crippen MR) is 107 cm³/mol. The van der Waals surface area contributed by atoms with Gasteiger partial charge in [0.1, 0.15) is 5.60 Å². The first-order valence-corrected chi connectivity index (χ1v) is 10.2. The van der Waals surface area contributed by atoms with E-state index in [0.717, 1.165) is 36.1 Å². The lowest BCUT2D eigenvalue weighted by Gasteiger charge is -2.23. The van der Waals surface area contributed by atoms with E-state index in [-0.39, 0.29) is 12.1 Å². The molecule has 1 aliphatic rings. The highest BCUT2D eigenvalue weighted by Gasteiger charge is 2.27. The second-order valence-electron chi connectivity index (χ2n) is 7.57. The maximum atomic E-state index is 12.0. The number of amides is 1. The molecule has 0 bridgehead atoms. The summed E-state index contributed by atoms with van der Waals surface area (Å²) in [6.45, 7) is 10.5. The number of carbonyl (C=O) groups excluding carboxylic acids is 1. The fourth-order valence-corrected chi connectivity index (χ4v) is 3.70. The van der Waals surface area contributed by atoms with Crippen molar-refractivity contribution in [3.8, 4) is 0 Å². The van der Waals surface area contributed by atoms with Crippen LogP contribution in [0.3, 0.4) is 0 Å². The maximum absolute atomic E-state index is 12.0. The van der Waals surface area contributed by atoms with Crippen LogP contribution in [0.2, 0.25) is 0 Å². The van der Waals surface area contributed by atoms with Gasteiger partial charge in [-0.2, -0.15) is 0 Å². The second kappa shape index (κ2) is 8.16. The summed E-state index contributed by atoms with van der Waals surface area (Å²) in [5.74, 6) is 0.849. The summed E-state index contributed by atoms with van der Waals surface area (Å²) in [6, 6.07) is 0.0571. The van der Waals surface area contributed by atoms with Gasteiger partial charge in [0, 0.05) is 37.4 Å². The van der Waals surface area contributed by atoms with Crippen molar-refractivity contribution >= 4 is 28.4 Å². The zero-order valence-electron chi connectivity index (χ0n) is 16.4. The van der Waals surface area contributed by atoms with Crippen molar-refractivity contribution < 1.29 is 9.53 Å². The lowest BCUT2D eigenvalue weighted by Crippen LogP contribution is -2.44. The van der Waals surface area contributed by atoms with Crippen molar-refractivity contribution in [2.24, 2.45) is 4.99 Å². The molecule has 1 aliphatic heterocycles. The van der Waals surface area contributed by atoms with E-state index in [1.807, 2.05) is 42.9 Å². The van der Waals surface area contributed by atoms with Crippen molar-refractivity contribution in [2.75, 3.05) is 19.6 Å². The molecule has 1 saturated heterocycles. The standard InChI is InChI=1S/C18H28N6O2S/c1-5-19-15(20-10-14-12-24-8-9-27-16(24)21-14)23-7-6-13(11-23)22-17(25)26-18(2,3)4/h8-9,12-13H,5-7,10-11H2,1-4H3,(H,19,20)(H,22,25). The smallest absolute Gasteiger partial charge is 0.407 e. The van der Waals surface area contributed by atoms with Crippen LogP contribution in [0.5, 0.6) is 0 Å². The average molecular weight is 393 g/mol. The van der Waals surface area contributed by atoms with Gasteiger partial charge in [0.2, 0.25) is 0 Å². The highest BCUT2D eigenvalue weighted by atomic mass is 32.1. The molecule has 2 aromatic heterocycles. The number of thiazole rings is 1. The summed E-state index contributed by atoms with van der Waals surface area (Å²) in [6.07, 6.45) is 4.51. The highest BCUT2D eigenvalue weighted by Crippen LogP contribution is 2.14. The van der Waals surface area contributed by atoms with E-state index >= 15 is 0 Å². The van der Waals surface area contributed by atoms with Crippen LogP contribution in [0.15, 0.2) is 22.8 Å². The predicted octanol–water partition coefficient (Wildman–Crippen LogP) is 2.46. The number of nitrogens with zero attached hydrogens (tertiary/aromatic N) is 4. The quantitative estimate of drug-likeness (QED) is 0.617. The summed E-state index contributed by atoms with van der Waals surface area (Å²) in [5.41, 5.74) is 0.455. The Hall–Kier alpha value is -2.29. The third-order valence-corrected chi connectivity index (χ3v) is 4.85. The number of likely N-dealkylation sites (tertiary alicyclic amines) is 1. The number of nitrogens with one attached hydrogen (secondary N) is 2. The first kappa shape index (κ1) is 19.5. The normalized spacial score (nSPS) is 18.1. The van der Waals surface area contributed by atoms with Gasteiger partial charge >= 0.3 is 6.09 Å². The van der Waals surface area contributed by atoms with E-state index in [1.165, 1.54) is 0 Å². The number of hydrogen-bond donors (Lipinski definition) is 2. The van der Waals surface area contributed by atoms with E-state index in [0.29, 0.717) is 13.1 Å². The zero-order chi connectivity index (χ0) is 19.4.